The first-order valence-electron chi connectivity index (χ1n) is 22.0. The standard InChI is InChI=1S/C50H58N2O10/c1-49(2,3)61-44(54)23-21-38(30-53)51-46(55)39(24-32-10-6-5-7-11-32)52(4)47(56)37-26-42(45-43(27-37)60-50(62-45)28-35-12-8-9-13-36(35)29-50)59-48(57)34-19-16-31(17-20-34)14-15-33-18-22-40-41(25-33)58-40/h5-17,19-20,27,33,38-43,45,53H,18,21-26,28-30H2,1-4H3,(H,51,55). The van der Waals surface area contributed by atoms with Crippen LogP contribution in [0.3, 0.4) is 0 Å². The van der Waals surface area contributed by atoms with Crippen LogP contribution < -0.4 is 5.32 Å². The Bertz CT molecular complexity index is 2150. The second-order valence-corrected chi connectivity index (χ2v) is 18.4. The second kappa shape index (κ2) is 18.3. The third kappa shape index (κ3) is 10.4. The molecule has 2 aliphatic heterocycles. The van der Waals surface area contributed by atoms with Gasteiger partial charge in [0.05, 0.1) is 30.4 Å². The number of nitrogens with one attached hydrogen (secondary N) is 1. The Kier molecular flexibility index (Phi) is 12.8. The number of benzene rings is 3. The fraction of sp³-hybridized carbons (Fsp3) is 0.480. The van der Waals surface area contributed by atoms with Gasteiger partial charge in [-0.05, 0) is 92.8 Å². The van der Waals surface area contributed by atoms with Gasteiger partial charge in [0.2, 0.25) is 11.8 Å². The molecule has 62 heavy (non-hydrogen) atoms. The van der Waals surface area contributed by atoms with Crippen molar-refractivity contribution in [2.45, 2.75) is 133 Å². The Balaban J connectivity index is 0.998. The number of nitrogens with zero attached hydrogens (tertiary/aromatic N) is 1. The summed E-state index contributed by atoms with van der Waals surface area (Å²) in [4.78, 5) is 56.5. The Morgan fingerprint density at radius 2 is 1.65 bits per heavy atom. The van der Waals surface area contributed by atoms with Crippen LogP contribution in [0.5, 0.6) is 0 Å². The number of allylic oxidation sites excluding steroid dienone is 1. The molecule has 12 nitrogen and oxygen atoms in total. The highest BCUT2D eigenvalue weighted by atomic mass is 16.8. The summed E-state index contributed by atoms with van der Waals surface area (Å²) in [5.74, 6) is -2.42. The molecule has 8 unspecified atom stereocenters. The largest absolute Gasteiger partial charge is 0.460 e. The van der Waals surface area contributed by atoms with Gasteiger partial charge in [0, 0.05) is 44.7 Å². The van der Waals surface area contributed by atoms with E-state index in [4.69, 9.17) is 23.7 Å². The lowest BCUT2D eigenvalue weighted by molar-refractivity contribution is -0.172. The first-order chi connectivity index (χ1) is 29.7. The van der Waals surface area contributed by atoms with E-state index in [-0.39, 0.29) is 25.7 Å². The molecule has 1 saturated carbocycles. The maximum absolute atomic E-state index is 14.7. The molecule has 3 aromatic rings. The molecule has 2 saturated heterocycles. The number of hydrogen-bond donors (Lipinski definition) is 2. The van der Waals surface area contributed by atoms with Crippen molar-refractivity contribution in [3.8, 4) is 0 Å². The molecule has 3 fully saturated rings. The minimum Gasteiger partial charge on any atom is -0.460 e. The average Bonchev–Trinajstić information content (AvgIpc) is 3.81. The molecule has 12 heteroatoms. The zero-order chi connectivity index (χ0) is 43.6. The van der Waals surface area contributed by atoms with Gasteiger partial charge in [-0.1, -0.05) is 78.9 Å². The second-order valence-electron chi connectivity index (χ2n) is 18.4. The summed E-state index contributed by atoms with van der Waals surface area (Å²) in [6, 6.07) is 23.0. The summed E-state index contributed by atoms with van der Waals surface area (Å²) in [5.41, 5.74) is 4.06. The van der Waals surface area contributed by atoms with Crippen molar-refractivity contribution in [1.82, 2.24) is 10.2 Å². The Morgan fingerprint density at radius 3 is 2.32 bits per heavy atom. The van der Waals surface area contributed by atoms with Crippen LogP contribution in [-0.4, -0.2) is 101 Å². The minimum absolute atomic E-state index is 0.0104. The van der Waals surface area contributed by atoms with Gasteiger partial charge in [0.25, 0.3) is 0 Å². The molecule has 5 aliphatic rings. The lowest BCUT2D eigenvalue weighted by atomic mass is 9.89. The SMILES string of the molecule is CN(C(=O)C1=CC2OC3(Cc4ccccc4C3)OC2C(OC(=O)c2ccc(C=CC3CCC4OC4C3)cc2)C1)C(Cc1ccccc1)C(=O)NC(CO)CCC(=O)OC(C)(C)C. The highest BCUT2D eigenvalue weighted by Crippen LogP contribution is 2.45. The number of ether oxygens (including phenoxy) is 5. The zero-order valence-electron chi connectivity index (χ0n) is 36.0. The van der Waals surface area contributed by atoms with Crippen molar-refractivity contribution in [1.29, 1.82) is 0 Å². The van der Waals surface area contributed by atoms with Crippen LogP contribution in [0.2, 0.25) is 0 Å². The fourth-order valence-corrected chi connectivity index (χ4v) is 9.25. The van der Waals surface area contributed by atoms with Gasteiger partial charge in [-0.3, -0.25) is 14.4 Å². The van der Waals surface area contributed by atoms with Crippen LogP contribution in [0.25, 0.3) is 6.08 Å². The van der Waals surface area contributed by atoms with Gasteiger partial charge < -0.3 is 39.0 Å². The molecule has 3 aromatic carbocycles. The van der Waals surface area contributed by atoms with E-state index in [1.54, 1.807) is 46.0 Å². The van der Waals surface area contributed by atoms with Crippen molar-refractivity contribution >= 4 is 29.8 Å². The van der Waals surface area contributed by atoms with E-state index < -0.39 is 72.1 Å². The number of likely N-dealkylation sites (N-methyl/N-ethyl adjacent to an activating group) is 1. The maximum atomic E-state index is 14.7. The molecule has 0 radical (unpaired) electrons. The number of rotatable bonds is 14. The predicted molar refractivity (Wildman–Crippen MR) is 231 cm³/mol. The van der Waals surface area contributed by atoms with Crippen LogP contribution in [-0.2, 0) is 57.3 Å². The normalized spacial score (nSPS) is 25.5. The first kappa shape index (κ1) is 43.5. The number of aliphatic hydroxyl groups is 1. The molecule has 2 amide bonds. The van der Waals surface area contributed by atoms with E-state index in [1.165, 1.54) is 4.90 Å². The van der Waals surface area contributed by atoms with Crippen molar-refractivity contribution < 1.29 is 48.0 Å². The molecule has 328 valence electrons. The highest BCUT2D eigenvalue weighted by molar-refractivity contribution is 5.97. The van der Waals surface area contributed by atoms with Gasteiger partial charge in [-0.2, -0.15) is 0 Å². The van der Waals surface area contributed by atoms with Gasteiger partial charge in [-0.15, -0.1) is 0 Å². The van der Waals surface area contributed by atoms with E-state index in [0.717, 1.165) is 41.5 Å². The highest BCUT2D eigenvalue weighted by Gasteiger charge is 2.55. The molecule has 0 bridgehead atoms. The van der Waals surface area contributed by atoms with E-state index in [2.05, 4.69) is 29.6 Å². The number of carbonyl (C=O) groups is 4. The van der Waals surface area contributed by atoms with E-state index in [9.17, 15) is 24.3 Å². The number of fused-ring (bicyclic) bond motifs is 3. The van der Waals surface area contributed by atoms with Crippen molar-refractivity contribution in [3.05, 3.63) is 124 Å². The predicted octanol–water partition coefficient (Wildman–Crippen LogP) is 6.07. The van der Waals surface area contributed by atoms with Gasteiger partial charge in [0.15, 0.2) is 5.79 Å². The molecular weight excluding hydrogens is 789 g/mol. The number of hydrogen-bond acceptors (Lipinski definition) is 10. The smallest absolute Gasteiger partial charge is 0.338 e. The van der Waals surface area contributed by atoms with Crippen molar-refractivity contribution in [3.63, 3.8) is 0 Å². The van der Waals surface area contributed by atoms with Crippen molar-refractivity contribution in [2.24, 2.45) is 5.92 Å². The van der Waals surface area contributed by atoms with Gasteiger partial charge in [0.1, 0.15) is 30.0 Å². The number of aliphatic hydroxyl groups excluding tert-OH is 1. The number of carbonyl (C=O) groups excluding carboxylic acids is 4. The topological polar surface area (TPSA) is 153 Å². The van der Waals surface area contributed by atoms with Crippen LogP contribution in [0.1, 0.15) is 91.9 Å². The fourth-order valence-electron chi connectivity index (χ4n) is 9.25. The Labute approximate surface area is 363 Å². The molecule has 2 N–H and O–H groups in total. The molecule has 3 aliphatic carbocycles. The quantitative estimate of drug-likeness (QED) is 0.145. The van der Waals surface area contributed by atoms with Crippen molar-refractivity contribution in [2.75, 3.05) is 13.7 Å². The average molecular weight is 847 g/mol. The zero-order valence-corrected chi connectivity index (χ0v) is 36.0. The maximum Gasteiger partial charge on any atom is 0.338 e. The number of amides is 2. The molecule has 0 aromatic heterocycles. The summed E-state index contributed by atoms with van der Waals surface area (Å²) < 4.78 is 30.8. The molecule has 2 heterocycles. The summed E-state index contributed by atoms with van der Waals surface area (Å²) >= 11 is 0. The summed E-state index contributed by atoms with van der Waals surface area (Å²) in [5, 5.41) is 13.1. The molecule has 1 spiro atoms. The van der Waals surface area contributed by atoms with Gasteiger partial charge >= 0.3 is 11.9 Å². The lowest BCUT2D eigenvalue weighted by Gasteiger charge is -2.34. The summed E-state index contributed by atoms with van der Waals surface area (Å²) in [6.07, 6.45) is 9.30. The summed E-state index contributed by atoms with van der Waals surface area (Å²) in [7, 11) is 1.57. The third-order valence-electron chi connectivity index (χ3n) is 12.5. The van der Waals surface area contributed by atoms with Gasteiger partial charge in [-0.25, -0.2) is 4.79 Å². The summed E-state index contributed by atoms with van der Waals surface area (Å²) in [6.45, 7) is 4.91. The lowest BCUT2D eigenvalue weighted by Crippen LogP contribution is -2.53. The van der Waals surface area contributed by atoms with Crippen LogP contribution in [0.15, 0.2) is 96.6 Å². The molecule has 8 atom stereocenters. The van der Waals surface area contributed by atoms with E-state index >= 15 is 0 Å². The Morgan fingerprint density at radius 1 is 0.935 bits per heavy atom. The molecular formula is C50H58N2O10. The van der Waals surface area contributed by atoms with Crippen LogP contribution in [0.4, 0.5) is 0 Å². The molecule has 8 rings (SSSR count). The van der Waals surface area contributed by atoms with E-state index in [1.807, 2.05) is 54.6 Å². The van der Waals surface area contributed by atoms with Crippen LogP contribution >= 0.6 is 0 Å². The monoisotopic (exact) mass is 846 g/mol. The Hall–Kier alpha value is -5.14. The number of esters is 2. The van der Waals surface area contributed by atoms with Crippen LogP contribution in [0, 0.1) is 5.92 Å². The first-order valence-corrected chi connectivity index (χ1v) is 22.0. The van der Waals surface area contributed by atoms with E-state index in [0.29, 0.717) is 42.1 Å². The minimum atomic E-state index is -0.999. The number of epoxide rings is 1. The third-order valence-corrected chi connectivity index (χ3v) is 12.5.